The second-order valence-electron chi connectivity index (χ2n) is 7.28. The number of ether oxygens (including phenoxy) is 1. The molecule has 0 saturated carbocycles. The van der Waals surface area contributed by atoms with Crippen LogP contribution < -0.4 is 10.1 Å². The first-order valence-electron chi connectivity index (χ1n) is 9.59. The maximum absolute atomic E-state index is 13.2. The van der Waals surface area contributed by atoms with Crippen molar-refractivity contribution in [2.45, 2.75) is 26.7 Å². The van der Waals surface area contributed by atoms with Gasteiger partial charge in [-0.1, -0.05) is 32.0 Å². The number of nitrogens with one attached hydrogen (secondary N) is 1. The number of para-hydroxylation sites is 1. The summed E-state index contributed by atoms with van der Waals surface area (Å²) >= 11 is 0. The minimum atomic E-state index is -0.346. The molecule has 1 amide bonds. The number of methoxy groups -OCH3 is 1. The van der Waals surface area contributed by atoms with Gasteiger partial charge in [-0.3, -0.25) is 9.48 Å². The van der Waals surface area contributed by atoms with Crippen molar-refractivity contribution in [1.82, 2.24) is 29.4 Å². The Morgan fingerprint density at radius 2 is 2.00 bits per heavy atom. The Hall–Kier alpha value is -3.75. The van der Waals surface area contributed by atoms with Crippen LogP contribution in [0.2, 0.25) is 0 Å². The lowest BCUT2D eigenvalue weighted by Crippen LogP contribution is -2.18. The van der Waals surface area contributed by atoms with Crippen LogP contribution in [-0.2, 0) is 7.05 Å². The summed E-state index contributed by atoms with van der Waals surface area (Å²) in [5.41, 5.74) is 3.56. The molecule has 30 heavy (non-hydrogen) atoms. The summed E-state index contributed by atoms with van der Waals surface area (Å²) in [7, 11) is 3.41. The predicted molar refractivity (Wildman–Crippen MR) is 113 cm³/mol. The highest BCUT2D eigenvalue weighted by Crippen LogP contribution is 2.37. The van der Waals surface area contributed by atoms with Crippen LogP contribution in [0.5, 0.6) is 5.75 Å². The van der Waals surface area contributed by atoms with E-state index in [1.54, 1.807) is 29.4 Å². The van der Waals surface area contributed by atoms with Gasteiger partial charge in [-0.2, -0.15) is 15.2 Å². The largest absolute Gasteiger partial charge is 0.496 e. The van der Waals surface area contributed by atoms with E-state index in [9.17, 15) is 4.79 Å². The molecule has 3 aromatic heterocycles. The number of anilines is 1. The van der Waals surface area contributed by atoms with Gasteiger partial charge < -0.3 is 10.1 Å². The Bertz CT molecular complexity index is 1240. The fraction of sp³-hybridized carbons (Fsp3) is 0.286. The Balaban J connectivity index is 1.77. The number of carbonyl (C=O) groups is 1. The lowest BCUT2D eigenvalue weighted by Gasteiger charge is -2.13. The third kappa shape index (κ3) is 3.28. The fourth-order valence-electron chi connectivity index (χ4n) is 3.51. The predicted octanol–water partition coefficient (Wildman–Crippen LogP) is 3.22. The first-order valence-corrected chi connectivity index (χ1v) is 9.59. The van der Waals surface area contributed by atoms with E-state index < -0.39 is 0 Å². The zero-order valence-electron chi connectivity index (χ0n) is 17.5. The highest BCUT2D eigenvalue weighted by molar-refractivity contribution is 6.05. The average molecular weight is 405 g/mol. The molecule has 4 aromatic rings. The number of nitrogens with zero attached hydrogens (tertiary/aromatic N) is 6. The molecule has 0 bridgehead atoms. The van der Waals surface area contributed by atoms with E-state index in [2.05, 4.69) is 25.5 Å². The first-order chi connectivity index (χ1) is 14.4. The van der Waals surface area contributed by atoms with Crippen molar-refractivity contribution in [2.24, 2.45) is 7.05 Å². The van der Waals surface area contributed by atoms with E-state index in [1.165, 1.54) is 6.33 Å². The van der Waals surface area contributed by atoms with Crippen molar-refractivity contribution in [3.63, 3.8) is 0 Å². The molecule has 0 aliphatic heterocycles. The molecule has 9 heteroatoms. The summed E-state index contributed by atoms with van der Waals surface area (Å²) in [6, 6.07) is 9.38. The van der Waals surface area contributed by atoms with Crippen LogP contribution in [0, 0.1) is 6.92 Å². The Labute approximate surface area is 173 Å². The highest BCUT2D eigenvalue weighted by Gasteiger charge is 2.22. The molecule has 9 nitrogen and oxygen atoms in total. The van der Waals surface area contributed by atoms with Gasteiger partial charge in [0.25, 0.3) is 11.7 Å². The molecule has 0 spiro atoms. The Morgan fingerprint density at radius 3 is 2.73 bits per heavy atom. The number of carbonyl (C=O) groups excluding carboxylic acids is 1. The van der Waals surface area contributed by atoms with Crippen molar-refractivity contribution in [2.75, 3.05) is 12.4 Å². The molecule has 0 aliphatic rings. The maximum atomic E-state index is 13.2. The number of hydrogen-bond acceptors (Lipinski definition) is 6. The van der Waals surface area contributed by atoms with E-state index in [0.29, 0.717) is 17.3 Å². The second kappa shape index (κ2) is 7.58. The summed E-state index contributed by atoms with van der Waals surface area (Å²) in [4.78, 5) is 21.7. The fourth-order valence-corrected chi connectivity index (χ4v) is 3.51. The minimum absolute atomic E-state index is 0.145. The number of fused-ring (bicyclic) bond motifs is 1. The topological polar surface area (TPSA) is 99.2 Å². The van der Waals surface area contributed by atoms with Gasteiger partial charge in [0, 0.05) is 12.6 Å². The summed E-state index contributed by atoms with van der Waals surface area (Å²) in [5, 5.41) is 11.7. The molecule has 0 fully saturated rings. The number of aromatic nitrogens is 6. The lowest BCUT2D eigenvalue weighted by atomic mass is 10.0. The van der Waals surface area contributed by atoms with E-state index in [-0.39, 0.29) is 17.5 Å². The third-order valence-corrected chi connectivity index (χ3v) is 4.93. The first kappa shape index (κ1) is 19.6. The normalized spacial score (nSPS) is 11.3. The van der Waals surface area contributed by atoms with Gasteiger partial charge in [0.1, 0.15) is 23.6 Å². The van der Waals surface area contributed by atoms with Crippen LogP contribution in [0.15, 0.2) is 36.7 Å². The van der Waals surface area contributed by atoms with Crippen LogP contribution in [0.4, 0.5) is 5.82 Å². The van der Waals surface area contributed by atoms with Crippen LogP contribution in [0.25, 0.3) is 16.9 Å². The van der Waals surface area contributed by atoms with E-state index in [4.69, 9.17) is 4.74 Å². The highest BCUT2D eigenvalue weighted by atomic mass is 16.5. The second-order valence-corrected chi connectivity index (χ2v) is 7.28. The van der Waals surface area contributed by atoms with Crippen molar-refractivity contribution in [3.05, 3.63) is 53.7 Å². The van der Waals surface area contributed by atoms with Crippen molar-refractivity contribution < 1.29 is 9.53 Å². The van der Waals surface area contributed by atoms with Crippen LogP contribution >= 0.6 is 0 Å². The zero-order chi connectivity index (χ0) is 21.4. The van der Waals surface area contributed by atoms with Gasteiger partial charge in [-0.15, -0.1) is 0 Å². The monoisotopic (exact) mass is 405 g/mol. The molecule has 3 heterocycles. The number of aryl methyl sites for hydroxylation is 2. The lowest BCUT2D eigenvalue weighted by molar-refractivity contribution is 0.102. The molecule has 0 aliphatic carbocycles. The molecule has 0 saturated heterocycles. The van der Waals surface area contributed by atoms with Crippen molar-refractivity contribution in [3.8, 4) is 16.9 Å². The van der Waals surface area contributed by atoms with E-state index in [1.807, 2.05) is 45.0 Å². The van der Waals surface area contributed by atoms with Crippen LogP contribution in [-0.4, -0.2) is 42.4 Å². The minimum Gasteiger partial charge on any atom is -0.496 e. The maximum Gasteiger partial charge on any atom is 0.275 e. The molecule has 0 unspecified atom stereocenters. The molecule has 0 radical (unpaired) electrons. The third-order valence-electron chi connectivity index (χ3n) is 4.93. The molecule has 1 aromatic carbocycles. The molecular weight excluding hydrogens is 382 g/mol. The average Bonchev–Trinajstić information content (AvgIpc) is 3.31. The standard InChI is InChI=1S/C21H23N7O2/c1-12(2)16-10-15(24-21-22-11-23-28(16)21)20(29)25-19-18(13(3)26-27(19)4)14-8-6-7-9-17(14)30-5/h6-12H,1-5H3,(H,25,29). The number of rotatable bonds is 5. The summed E-state index contributed by atoms with van der Waals surface area (Å²) in [6.07, 6.45) is 1.43. The van der Waals surface area contributed by atoms with E-state index >= 15 is 0 Å². The molecule has 154 valence electrons. The molecule has 0 atom stereocenters. The molecule has 4 rings (SSSR count). The van der Waals surface area contributed by atoms with Gasteiger partial charge in [-0.05, 0) is 25.0 Å². The van der Waals surface area contributed by atoms with Gasteiger partial charge >= 0.3 is 0 Å². The summed E-state index contributed by atoms with van der Waals surface area (Å²) in [6.45, 7) is 5.96. The number of amides is 1. The quantitative estimate of drug-likeness (QED) is 0.547. The zero-order valence-corrected chi connectivity index (χ0v) is 17.5. The number of hydrogen-bond donors (Lipinski definition) is 1. The van der Waals surface area contributed by atoms with Crippen LogP contribution in [0.3, 0.4) is 0 Å². The molecule has 1 N–H and O–H groups in total. The SMILES string of the molecule is COc1ccccc1-c1c(C)nn(C)c1NC(=O)c1cc(C(C)C)n2ncnc2n1. The Morgan fingerprint density at radius 1 is 1.23 bits per heavy atom. The van der Waals surface area contributed by atoms with E-state index in [0.717, 1.165) is 22.5 Å². The smallest absolute Gasteiger partial charge is 0.275 e. The van der Waals surface area contributed by atoms with Crippen molar-refractivity contribution in [1.29, 1.82) is 0 Å². The molecular formula is C21H23N7O2. The van der Waals surface area contributed by atoms with Crippen LogP contribution in [0.1, 0.15) is 41.6 Å². The Kier molecular flexibility index (Phi) is 4.94. The van der Waals surface area contributed by atoms with Gasteiger partial charge in [-0.25, -0.2) is 9.50 Å². The summed E-state index contributed by atoms with van der Waals surface area (Å²) in [5.74, 6) is 1.45. The summed E-state index contributed by atoms with van der Waals surface area (Å²) < 4.78 is 8.81. The van der Waals surface area contributed by atoms with Gasteiger partial charge in [0.05, 0.1) is 24.1 Å². The van der Waals surface area contributed by atoms with Crippen molar-refractivity contribution >= 4 is 17.5 Å². The van der Waals surface area contributed by atoms with Gasteiger partial charge in [0.15, 0.2) is 0 Å². The number of benzene rings is 1. The van der Waals surface area contributed by atoms with Gasteiger partial charge in [0.2, 0.25) is 0 Å².